The van der Waals surface area contributed by atoms with Crippen LogP contribution in [-0.2, 0) is 4.79 Å². The standard InChI is InChI=1S/C19H17F2N3O6/c1-9(25)12-5-6-15(22-10(2)26)17(24(28)29)18(12)30-19(27)11-7-13(20)16(23(3)4)14(21)8-11/h5-8H,1-4H3,(H,22,26). The summed E-state index contributed by atoms with van der Waals surface area (Å²) in [5, 5.41) is 13.8. The molecule has 0 atom stereocenters. The molecule has 2 aromatic carbocycles. The van der Waals surface area contributed by atoms with E-state index in [4.69, 9.17) is 4.74 Å². The Bertz CT molecular complexity index is 1050. The monoisotopic (exact) mass is 421 g/mol. The maximum absolute atomic E-state index is 14.2. The van der Waals surface area contributed by atoms with Gasteiger partial charge in [0.1, 0.15) is 23.0 Å². The van der Waals surface area contributed by atoms with Crippen LogP contribution < -0.4 is 15.0 Å². The molecule has 0 fully saturated rings. The van der Waals surface area contributed by atoms with Crippen molar-refractivity contribution in [1.29, 1.82) is 0 Å². The summed E-state index contributed by atoms with van der Waals surface area (Å²) in [6.45, 7) is 2.19. The first-order valence-electron chi connectivity index (χ1n) is 8.42. The van der Waals surface area contributed by atoms with E-state index < -0.39 is 56.9 Å². The Morgan fingerprint density at radius 1 is 1.10 bits per heavy atom. The summed E-state index contributed by atoms with van der Waals surface area (Å²) in [5.74, 6) is -5.50. The number of nitrogens with zero attached hydrogens (tertiary/aromatic N) is 2. The van der Waals surface area contributed by atoms with Gasteiger partial charge >= 0.3 is 11.7 Å². The van der Waals surface area contributed by atoms with Gasteiger partial charge in [-0.15, -0.1) is 0 Å². The predicted molar refractivity (Wildman–Crippen MR) is 103 cm³/mol. The Morgan fingerprint density at radius 2 is 1.67 bits per heavy atom. The second-order valence-corrected chi connectivity index (χ2v) is 6.41. The molecule has 1 amide bonds. The van der Waals surface area contributed by atoms with Crippen LogP contribution in [0.15, 0.2) is 24.3 Å². The van der Waals surface area contributed by atoms with E-state index in [2.05, 4.69) is 5.32 Å². The molecule has 0 aliphatic heterocycles. The van der Waals surface area contributed by atoms with Crippen molar-refractivity contribution >= 4 is 34.7 Å². The quantitative estimate of drug-likeness (QED) is 0.250. The Balaban J connectivity index is 2.61. The lowest BCUT2D eigenvalue weighted by molar-refractivity contribution is -0.384. The normalized spacial score (nSPS) is 10.3. The number of nitrogens with one attached hydrogen (secondary N) is 1. The zero-order valence-electron chi connectivity index (χ0n) is 16.4. The van der Waals surface area contributed by atoms with Crippen molar-refractivity contribution in [2.24, 2.45) is 0 Å². The lowest BCUT2D eigenvalue weighted by atomic mass is 10.1. The highest BCUT2D eigenvalue weighted by Crippen LogP contribution is 2.39. The van der Waals surface area contributed by atoms with Crippen LogP contribution in [0.5, 0.6) is 5.75 Å². The third kappa shape index (κ3) is 4.57. The number of ketones is 1. The lowest BCUT2D eigenvalue weighted by Gasteiger charge is -2.16. The number of anilines is 2. The van der Waals surface area contributed by atoms with Gasteiger partial charge < -0.3 is 15.0 Å². The number of ether oxygens (including phenoxy) is 1. The number of nitro groups is 1. The Hall–Kier alpha value is -3.89. The van der Waals surface area contributed by atoms with Crippen molar-refractivity contribution in [2.45, 2.75) is 13.8 Å². The van der Waals surface area contributed by atoms with Crippen molar-refractivity contribution in [3.8, 4) is 5.75 Å². The van der Waals surface area contributed by atoms with Crippen molar-refractivity contribution in [3.63, 3.8) is 0 Å². The number of hydrogen-bond donors (Lipinski definition) is 1. The van der Waals surface area contributed by atoms with Gasteiger partial charge in [0, 0.05) is 21.0 Å². The molecule has 158 valence electrons. The summed E-state index contributed by atoms with van der Waals surface area (Å²) in [4.78, 5) is 47.5. The van der Waals surface area contributed by atoms with Crippen LogP contribution >= 0.6 is 0 Å². The SMILES string of the molecule is CC(=O)Nc1ccc(C(C)=O)c(OC(=O)c2cc(F)c(N(C)C)c(F)c2)c1[N+](=O)[O-]. The first kappa shape index (κ1) is 22.4. The molecule has 2 rings (SSSR count). The third-order valence-corrected chi connectivity index (χ3v) is 3.90. The van der Waals surface area contributed by atoms with E-state index in [9.17, 15) is 33.3 Å². The first-order valence-corrected chi connectivity index (χ1v) is 8.42. The number of Topliss-reactive ketones (excluding diaryl/α,β-unsaturated/α-hetero) is 1. The van der Waals surface area contributed by atoms with Gasteiger partial charge in [0.15, 0.2) is 5.78 Å². The maximum atomic E-state index is 14.2. The van der Waals surface area contributed by atoms with E-state index >= 15 is 0 Å². The first-order chi connectivity index (χ1) is 13.9. The van der Waals surface area contributed by atoms with Crippen LogP contribution in [0.4, 0.5) is 25.8 Å². The molecule has 0 spiro atoms. The van der Waals surface area contributed by atoms with E-state index in [1.165, 1.54) is 14.1 Å². The number of esters is 1. The van der Waals surface area contributed by atoms with Gasteiger partial charge in [-0.1, -0.05) is 0 Å². The zero-order chi connectivity index (χ0) is 22.7. The summed E-state index contributed by atoms with van der Waals surface area (Å²) in [6, 6.07) is 3.65. The molecule has 9 nitrogen and oxygen atoms in total. The number of carbonyl (C=O) groups is 3. The second kappa shape index (κ2) is 8.64. The van der Waals surface area contributed by atoms with Gasteiger partial charge in [-0.2, -0.15) is 0 Å². The van der Waals surface area contributed by atoms with Crippen molar-refractivity contribution in [2.75, 3.05) is 24.3 Å². The minimum atomic E-state index is -1.33. The summed E-state index contributed by atoms with van der Waals surface area (Å²) in [5.41, 5.74) is -2.45. The Labute approximate surface area is 169 Å². The molecular weight excluding hydrogens is 404 g/mol. The Kier molecular flexibility index (Phi) is 6.45. The number of hydrogen-bond acceptors (Lipinski definition) is 7. The molecular formula is C19H17F2N3O6. The number of benzene rings is 2. The van der Waals surface area contributed by atoms with E-state index in [0.29, 0.717) is 12.1 Å². The molecule has 0 unspecified atom stereocenters. The highest BCUT2D eigenvalue weighted by molar-refractivity contribution is 6.03. The predicted octanol–water partition coefficient (Wildman–Crippen LogP) is 3.32. The highest BCUT2D eigenvalue weighted by atomic mass is 19.1. The lowest BCUT2D eigenvalue weighted by Crippen LogP contribution is -2.17. The summed E-state index contributed by atoms with van der Waals surface area (Å²) < 4.78 is 33.4. The average Bonchev–Trinajstić information content (AvgIpc) is 2.59. The zero-order valence-corrected chi connectivity index (χ0v) is 16.4. The Morgan fingerprint density at radius 3 is 2.10 bits per heavy atom. The largest absolute Gasteiger partial charge is 0.415 e. The van der Waals surface area contributed by atoms with Gasteiger partial charge in [0.2, 0.25) is 11.7 Å². The highest BCUT2D eigenvalue weighted by Gasteiger charge is 2.30. The second-order valence-electron chi connectivity index (χ2n) is 6.41. The number of carbonyl (C=O) groups excluding carboxylic acids is 3. The number of nitro benzene ring substituents is 1. The van der Waals surface area contributed by atoms with E-state index in [1.807, 2.05) is 0 Å². The van der Waals surface area contributed by atoms with Gasteiger partial charge in [-0.3, -0.25) is 19.7 Å². The molecule has 0 aliphatic rings. The van der Waals surface area contributed by atoms with Crippen LogP contribution in [0.25, 0.3) is 0 Å². The average molecular weight is 421 g/mol. The van der Waals surface area contributed by atoms with Crippen LogP contribution in [0.3, 0.4) is 0 Å². The molecule has 0 saturated carbocycles. The van der Waals surface area contributed by atoms with Gasteiger partial charge in [0.05, 0.1) is 16.1 Å². The fourth-order valence-corrected chi connectivity index (χ4v) is 2.69. The minimum absolute atomic E-state index is 0.319. The topological polar surface area (TPSA) is 119 Å². The van der Waals surface area contributed by atoms with Crippen LogP contribution in [0.1, 0.15) is 34.6 Å². The number of halogens is 2. The molecule has 0 saturated heterocycles. The number of amides is 1. The maximum Gasteiger partial charge on any atom is 0.344 e. The van der Waals surface area contributed by atoms with Gasteiger partial charge in [0.25, 0.3) is 0 Å². The molecule has 11 heteroatoms. The fraction of sp³-hybridized carbons (Fsp3) is 0.211. The molecule has 1 N–H and O–H groups in total. The summed E-state index contributed by atoms with van der Waals surface area (Å²) in [6.07, 6.45) is 0. The van der Waals surface area contributed by atoms with Gasteiger partial charge in [-0.05, 0) is 31.2 Å². The van der Waals surface area contributed by atoms with Crippen molar-refractivity contribution in [3.05, 3.63) is 57.1 Å². The fourth-order valence-electron chi connectivity index (χ4n) is 2.69. The van der Waals surface area contributed by atoms with Crippen molar-refractivity contribution in [1.82, 2.24) is 0 Å². The molecule has 0 aliphatic carbocycles. The molecule has 2 aromatic rings. The summed E-state index contributed by atoms with van der Waals surface area (Å²) >= 11 is 0. The minimum Gasteiger partial charge on any atom is -0.415 e. The van der Waals surface area contributed by atoms with E-state index in [0.717, 1.165) is 30.9 Å². The van der Waals surface area contributed by atoms with Crippen molar-refractivity contribution < 1.29 is 32.8 Å². The third-order valence-electron chi connectivity index (χ3n) is 3.90. The summed E-state index contributed by atoms with van der Waals surface area (Å²) in [7, 11) is 2.80. The van der Waals surface area contributed by atoms with Crippen LogP contribution in [-0.4, -0.2) is 36.7 Å². The van der Waals surface area contributed by atoms with Crippen LogP contribution in [0, 0.1) is 21.7 Å². The van der Waals surface area contributed by atoms with E-state index in [1.54, 1.807) is 0 Å². The molecule has 0 bridgehead atoms. The molecule has 0 heterocycles. The molecule has 0 radical (unpaired) electrons. The smallest absolute Gasteiger partial charge is 0.344 e. The van der Waals surface area contributed by atoms with Crippen LogP contribution in [0.2, 0.25) is 0 Å². The van der Waals surface area contributed by atoms with Gasteiger partial charge in [-0.25, -0.2) is 13.6 Å². The molecule has 0 aromatic heterocycles. The van der Waals surface area contributed by atoms with E-state index in [-0.39, 0.29) is 11.3 Å². The number of rotatable bonds is 6. The molecule has 30 heavy (non-hydrogen) atoms.